The van der Waals surface area contributed by atoms with Gasteiger partial charge in [0.15, 0.2) is 0 Å². The molecule has 2 N–H and O–H groups in total. The summed E-state index contributed by atoms with van der Waals surface area (Å²) in [5, 5.41) is 7.42. The quantitative estimate of drug-likeness (QED) is 0.894. The molecule has 2 heterocycles. The number of hydrogen-bond donors (Lipinski definition) is 2. The summed E-state index contributed by atoms with van der Waals surface area (Å²) in [6, 6.07) is 8.94. The Morgan fingerprint density at radius 2 is 2.00 bits per heavy atom. The van der Waals surface area contributed by atoms with Crippen LogP contribution in [0.3, 0.4) is 0 Å². The standard InChI is InChI=1S/C17H23ClN2O/c1-11(15-4-2-3-5-16(15)18)19-17(21)10-12-8-13-6-7-14(9-12)20-13/h2-5,11-14,20H,6-10H2,1H3,(H,19,21)/t11-,12?,13?,14?/m0/s1. The Kier molecular flexibility index (Phi) is 4.51. The molecule has 3 atom stereocenters. The number of hydrogen-bond acceptors (Lipinski definition) is 2. The summed E-state index contributed by atoms with van der Waals surface area (Å²) in [5.41, 5.74) is 0.984. The Hall–Kier alpha value is -1.06. The van der Waals surface area contributed by atoms with E-state index in [2.05, 4.69) is 10.6 Å². The first-order valence-corrected chi connectivity index (χ1v) is 8.29. The second-order valence-electron chi connectivity index (χ2n) is 6.49. The molecular weight excluding hydrogens is 284 g/mol. The average molecular weight is 307 g/mol. The lowest BCUT2D eigenvalue weighted by molar-refractivity contribution is -0.122. The van der Waals surface area contributed by atoms with Gasteiger partial charge in [-0.25, -0.2) is 0 Å². The largest absolute Gasteiger partial charge is 0.350 e. The number of rotatable bonds is 4. The third-order valence-corrected chi connectivity index (χ3v) is 5.14. The molecule has 1 amide bonds. The van der Waals surface area contributed by atoms with Crippen molar-refractivity contribution in [1.29, 1.82) is 0 Å². The molecule has 0 aromatic heterocycles. The monoisotopic (exact) mass is 306 g/mol. The van der Waals surface area contributed by atoms with Crippen LogP contribution in [0.15, 0.2) is 24.3 Å². The van der Waals surface area contributed by atoms with Crippen LogP contribution in [0.2, 0.25) is 5.02 Å². The van der Waals surface area contributed by atoms with Crippen molar-refractivity contribution in [2.75, 3.05) is 0 Å². The second-order valence-corrected chi connectivity index (χ2v) is 6.90. The van der Waals surface area contributed by atoms with Gasteiger partial charge in [0, 0.05) is 23.5 Å². The van der Waals surface area contributed by atoms with Gasteiger partial charge in [0.05, 0.1) is 6.04 Å². The average Bonchev–Trinajstić information content (AvgIpc) is 2.78. The van der Waals surface area contributed by atoms with Crippen LogP contribution in [-0.2, 0) is 4.79 Å². The van der Waals surface area contributed by atoms with Crippen LogP contribution in [0, 0.1) is 5.92 Å². The van der Waals surface area contributed by atoms with Gasteiger partial charge in [0.2, 0.25) is 5.91 Å². The SMILES string of the molecule is C[C@H](NC(=O)CC1CC2CCC(C1)N2)c1ccccc1Cl. The molecule has 1 aromatic carbocycles. The zero-order valence-electron chi connectivity index (χ0n) is 12.4. The van der Waals surface area contributed by atoms with Crippen molar-refractivity contribution in [3.05, 3.63) is 34.9 Å². The fourth-order valence-corrected chi connectivity index (χ4v) is 4.11. The van der Waals surface area contributed by atoms with E-state index in [9.17, 15) is 4.79 Å². The lowest BCUT2D eigenvalue weighted by Gasteiger charge is -2.29. The summed E-state index contributed by atoms with van der Waals surface area (Å²) < 4.78 is 0. The Bertz CT molecular complexity index is 507. The van der Waals surface area contributed by atoms with Crippen molar-refractivity contribution in [3.8, 4) is 0 Å². The first kappa shape index (κ1) is 14.9. The summed E-state index contributed by atoms with van der Waals surface area (Å²) in [4.78, 5) is 12.3. The fraction of sp³-hybridized carbons (Fsp3) is 0.588. The van der Waals surface area contributed by atoms with Gasteiger partial charge in [-0.3, -0.25) is 4.79 Å². The molecule has 3 rings (SSSR count). The van der Waals surface area contributed by atoms with Gasteiger partial charge in [0.25, 0.3) is 0 Å². The molecule has 3 nitrogen and oxygen atoms in total. The van der Waals surface area contributed by atoms with Gasteiger partial charge < -0.3 is 10.6 Å². The van der Waals surface area contributed by atoms with Gasteiger partial charge in [-0.2, -0.15) is 0 Å². The molecule has 0 spiro atoms. The van der Waals surface area contributed by atoms with E-state index in [4.69, 9.17) is 11.6 Å². The highest BCUT2D eigenvalue weighted by Gasteiger charge is 2.34. The first-order chi connectivity index (χ1) is 10.1. The van der Waals surface area contributed by atoms with E-state index in [0.717, 1.165) is 18.4 Å². The van der Waals surface area contributed by atoms with Gasteiger partial charge in [-0.1, -0.05) is 29.8 Å². The molecule has 0 aliphatic carbocycles. The van der Waals surface area contributed by atoms with Gasteiger partial charge in [0.1, 0.15) is 0 Å². The summed E-state index contributed by atoms with van der Waals surface area (Å²) >= 11 is 6.18. The van der Waals surface area contributed by atoms with E-state index < -0.39 is 0 Å². The Morgan fingerprint density at radius 3 is 2.67 bits per heavy atom. The number of piperidine rings is 1. The molecule has 2 aliphatic heterocycles. The lowest BCUT2D eigenvalue weighted by atomic mass is 9.89. The number of halogens is 1. The summed E-state index contributed by atoms with van der Waals surface area (Å²) in [5.74, 6) is 0.677. The highest BCUT2D eigenvalue weighted by Crippen LogP contribution is 2.32. The molecule has 2 unspecified atom stereocenters. The maximum Gasteiger partial charge on any atom is 0.220 e. The normalized spacial score (nSPS) is 29.1. The first-order valence-electron chi connectivity index (χ1n) is 7.91. The van der Waals surface area contributed by atoms with Crippen LogP contribution in [-0.4, -0.2) is 18.0 Å². The number of carbonyl (C=O) groups excluding carboxylic acids is 1. The highest BCUT2D eigenvalue weighted by atomic mass is 35.5. The maximum absolute atomic E-state index is 12.3. The molecule has 21 heavy (non-hydrogen) atoms. The molecule has 2 bridgehead atoms. The van der Waals surface area contributed by atoms with Gasteiger partial charge in [-0.15, -0.1) is 0 Å². The van der Waals surface area contributed by atoms with E-state index in [0.29, 0.717) is 29.4 Å². The molecule has 2 fully saturated rings. The molecule has 0 radical (unpaired) electrons. The minimum absolute atomic E-state index is 0.0374. The Balaban J connectivity index is 1.53. The van der Waals surface area contributed by atoms with Crippen LogP contribution >= 0.6 is 11.6 Å². The van der Waals surface area contributed by atoms with Gasteiger partial charge >= 0.3 is 0 Å². The molecule has 0 saturated carbocycles. The van der Waals surface area contributed by atoms with E-state index in [1.807, 2.05) is 31.2 Å². The van der Waals surface area contributed by atoms with Crippen LogP contribution in [0.25, 0.3) is 0 Å². The summed E-state index contributed by atoms with van der Waals surface area (Å²) in [6.45, 7) is 1.99. The van der Waals surface area contributed by atoms with Crippen LogP contribution in [0.5, 0.6) is 0 Å². The Morgan fingerprint density at radius 1 is 1.33 bits per heavy atom. The summed E-state index contributed by atoms with van der Waals surface area (Å²) in [6.07, 6.45) is 5.48. The Labute approximate surface area is 131 Å². The second kappa shape index (κ2) is 6.37. The maximum atomic E-state index is 12.3. The molecule has 1 aromatic rings. The highest BCUT2D eigenvalue weighted by molar-refractivity contribution is 6.31. The van der Waals surface area contributed by atoms with Crippen molar-refractivity contribution < 1.29 is 4.79 Å². The van der Waals surface area contributed by atoms with E-state index >= 15 is 0 Å². The van der Waals surface area contributed by atoms with Crippen LogP contribution < -0.4 is 10.6 Å². The number of benzene rings is 1. The zero-order chi connectivity index (χ0) is 14.8. The minimum Gasteiger partial charge on any atom is -0.350 e. The zero-order valence-corrected chi connectivity index (χ0v) is 13.2. The topological polar surface area (TPSA) is 41.1 Å². The van der Waals surface area contributed by atoms with Crippen molar-refractivity contribution in [3.63, 3.8) is 0 Å². The summed E-state index contributed by atoms with van der Waals surface area (Å²) in [7, 11) is 0. The third-order valence-electron chi connectivity index (χ3n) is 4.79. The van der Waals surface area contributed by atoms with Crippen molar-refractivity contribution in [2.45, 2.75) is 57.2 Å². The minimum atomic E-state index is -0.0374. The lowest BCUT2D eigenvalue weighted by Crippen LogP contribution is -2.40. The molecule has 114 valence electrons. The number of nitrogens with one attached hydrogen (secondary N) is 2. The number of carbonyl (C=O) groups is 1. The smallest absolute Gasteiger partial charge is 0.220 e. The van der Waals surface area contributed by atoms with E-state index in [-0.39, 0.29) is 11.9 Å². The van der Waals surface area contributed by atoms with Crippen molar-refractivity contribution in [1.82, 2.24) is 10.6 Å². The van der Waals surface area contributed by atoms with E-state index in [1.165, 1.54) is 12.8 Å². The molecule has 2 saturated heterocycles. The number of amides is 1. The number of fused-ring (bicyclic) bond motifs is 2. The van der Waals surface area contributed by atoms with Crippen molar-refractivity contribution in [2.24, 2.45) is 5.92 Å². The molecule has 2 aliphatic rings. The predicted octanol–water partition coefficient (Wildman–Crippen LogP) is 3.44. The predicted molar refractivity (Wildman–Crippen MR) is 85.3 cm³/mol. The van der Waals surface area contributed by atoms with Crippen LogP contribution in [0.1, 0.15) is 50.6 Å². The molecular formula is C17H23ClN2O. The van der Waals surface area contributed by atoms with Gasteiger partial charge in [-0.05, 0) is 50.2 Å². The fourth-order valence-electron chi connectivity index (χ4n) is 3.81. The van der Waals surface area contributed by atoms with Crippen molar-refractivity contribution >= 4 is 17.5 Å². The third kappa shape index (κ3) is 3.58. The van der Waals surface area contributed by atoms with Crippen LogP contribution in [0.4, 0.5) is 0 Å². The molecule has 4 heteroatoms. The van der Waals surface area contributed by atoms with E-state index in [1.54, 1.807) is 0 Å².